The Morgan fingerprint density at radius 1 is 1.53 bits per heavy atom. The molecule has 1 amide bonds. The molecule has 19 heavy (non-hydrogen) atoms. The summed E-state index contributed by atoms with van der Waals surface area (Å²) in [6.07, 6.45) is 5.38. The fourth-order valence-corrected chi connectivity index (χ4v) is 2.30. The number of rotatable bonds is 3. The van der Waals surface area contributed by atoms with Crippen LogP contribution in [0.5, 0.6) is 0 Å². The van der Waals surface area contributed by atoms with Crippen molar-refractivity contribution in [2.45, 2.75) is 25.1 Å². The maximum atomic E-state index is 12.0. The van der Waals surface area contributed by atoms with Crippen molar-refractivity contribution in [1.82, 2.24) is 10.2 Å². The van der Waals surface area contributed by atoms with Crippen molar-refractivity contribution in [2.75, 3.05) is 13.6 Å². The van der Waals surface area contributed by atoms with Gasteiger partial charge in [0.2, 0.25) is 5.91 Å². The molecule has 2 rings (SSSR count). The Labute approximate surface area is 113 Å². The number of carbonyl (C=O) groups is 1. The SMILES string of the molecule is C#Cc1ccc(CNC(=O)[C@@H]2CC(O)CN2C)cc1. The van der Waals surface area contributed by atoms with Crippen LogP contribution < -0.4 is 5.32 Å². The molecule has 2 atom stereocenters. The van der Waals surface area contributed by atoms with Crippen molar-refractivity contribution in [2.24, 2.45) is 0 Å². The van der Waals surface area contributed by atoms with Crippen LogP contribution in [0.4, 0.5) is 0 Å². The fraction of sp³-hybridized carbons (Fsp3) is 0.400. The van der Waals surface area contributed by atoms with Gasteiger partial charge in [-0.05, 0) is 31.2 Å². The van der Waals surface area contributed by atoms with Crippen molar-refractivity contribution < 1.29 is 9.90 Å². The van der Waals surface area contributed by atoms with Gasteiger partial charge >= 0.3 is 0 Å². The van der Waals surface area contributed by atoms with Crippen LogP contribution in [0.25, 0.3) is 0 Å². The molecule has 1 aromatic rings. The van der Waals surface area contributed by atoms with Crippen LogP contribution in [0.2, 0.25) is 0 Å². The molecule has 0 saturated carbocycles. The van der Waals surface area contributed by atoms with E-state index in [1.807, 2.05) is 36.2 Å². The highest BCUT2D eigenvalue weighted by Gasteiger charge is 2.33. The van der Waals surface area contributed by atoms with E-state index in [-0.39, 0.29) is 11.9 Å². The molecule has 2 N–H and O–H groups in total. The first-order valence-corrected chi connectivity index (χ1v) is 6.31. The van der Waals surface area contributed by atoms with Gasteiger partial charge in [-0.25, -0.2) is 0 Å². The van der Waals surface area contributed by atoms with Gasteiger partial charge in [-0.2, -0.15) is 0 Å². The summed E-state index contributed by atoms with van der Waals surface area (Å²) in [5.41, 5.74) is 1.84. The van der Waals surface area contributed by atoms with Gasteiger partial charge in [0.15, 0.2) is 0 Å². The quantitative estimate of drug-likeness (QED) is 0.769. The zero-order valence-electron chi connectivity index (χ0n) is 11.0. The van der Waals surface area contributed by atoms with Gasteiger partial charge in [-0.3, -0.25) is 9.69 Å². The first kappa shape index (κ1) is 13.6. The van der Waals surface area contributed by atoms with Gasteiger partial charge < -0.3 is 10.4 Å². The van der Waals surface area contributed by atoms with Crippen LogP contribution in [0.1, 0.15) is 17.5 Å². The first-order chi connectivity index (χ1) is 9.10. The number of carbonyl (C=O) groups excluding carboxylic acids is 1. The molecule has 0 aliphatic carbocycles. The van der Waals surface area contributed by atoms with Gasteiger partial charge in [0.1, 0.15) is 0 Å². The predicted octanol–water partition coefficient (Wildman–Crippen LogP) is 0.349. The summed E-state index contributed by atoms with van der Waals surface area (Å²) in [5, 5.41) is 12.4. The number of amides is 1. The summed E-state index contributed by atoms with van der Waals surface area (Å²) in [6.45, 7) is 1.03. The van der Waals surface area contributed by atoms with Crippen molar-refractivity contribution in [1.29, 1.82) is 0 Å². The minimum Gasteiger partial charge on any atom is -0.392 e. The molecule has 1 fully saturated rings. The Kier molecular flexibility index (Phi) is 4.20. The van der Waals surface area contributed by atoms with E-state index in [2.05, 4.69) is 11.2 Å². The molecule has 1 saturated heterocycles. The van der Waals surface area contributed by atoms with Crippen LogP contribution in [0.3, 0.4) is 0 Å². The second-order valence-electron chi connectivity index (χ2n) is 4.90. The van der Waals surface area contributed by atoms with Crippen molar-refractivity contribution in [3.05, 3.63) is 35.4 Å². The minimum absolute atomic E-state index is 0.0416. The van der Waals surface area contributed by atoms with E-state index in [0.717, 1.165) is 11.1 Å². The standard InChI is InChI=1S/C15H18N2O2/c1-3-11-4-6-12(7-5-11)9-16-15(19)14-8-13(18)10-17(14)2/h1,4-7,13-14,18H,8-10H2,2H3,(H,16,19)/t13?,14-/m0/s1. The van der Waals surface area contributed by atoms with Gasteiger partial charge in [0, 0.05) is 18.7 Å². The van der Waals surface area contributed by atoms with Crippen LogP contribution in [0.15, 0.2) is 24.3 Å². The molecule has 1 aliphatic heterocycles. The molecule has 4 heteroatoms. The van der Waals surface area contributed by atoms with Gasteiger partial charge in [-0.15, -0.1) is 6.42 Å². The highest BCUT2D eigenvalue weighted by atomic mass is 16.3. The fourth-order valence-electron chi connectivity index (χ4n) is 2.30. The molecule has 0 spiro atoms. The number of aliphatic hydroxyl groups is 1. The maximum Gasteiger partial charge on any atom is 0.237 e. The van der Waals surface area contributed by atoms with Gasteiger partial charge in [-0.1, -0.05) is 18.1 Å². The third kappa shape index (κ3) is 3.34. The van der Waals surface area contributed by atoms with E-state index < -0.39 is 6.10 Å². The Hall–Kier alpha value is -1.83. The number of likely N-dealkylation sites (N-methyl/N-ethyl adjacent to an activating group) is 1. The van der Waals surface area contributed by atoms with E-state index in [4.69, 9.17) is 6.42 Å². The van der Waals surface area contributed by atoms with Crippen molar-refractivity contribution in [3.63, 3.8) is 0 Å². The summed E-state index contributed by atoms with van der Waals surface area (Å²) < 4.78 is 0. The molecule has 0 aromatic heterocycles. The Bertz CT molecular complexity index is 490. The first-order valence-electron chi connectivity index (χ1n) is 6.31. The predicted molar refractivity (Wildman–Crippen MR) is 73.3 cm³/mol. The minimum atomic E-state index is -0.407. The average Bonchev–Trinajstić information content (AvgIpc) is 2.75. The van der Waals surface area contributed by atoms with Crippen LogP contribution in [0, 0.1) is 12.3 Å². The molecule has 1 heterocycles. The topological polar surface area (TPSA) is 52.6 Å². The highest BCUT2D eigenvalue weighted by molar-refractivity contribution is 5.82. The molecule has 0 bridgehead atoms. The van der Waals surface area contributed by atoms with Crippen LogP contribution in [-0.2, 0) is 11.3 Å². The van der Waals surface area contributed by atoms with E-state index in [0.29, 0.717) is 19.5 Å². The van der Waals surface area contributed by atoms with Gasteiger partial charge in [0.05, 0.1) is 12.1 Å². The smallest absolute Gasteiger partial charge is 0.237 e. The van der Waals surface area contributed by atoms with E-state index in [9.17, 15) is 9.90 Å². The van der Waals surface area contributed by atoms with Crippen molar-refractivity contribution >= 4 is 5.91 Å². The Balaban J connectivity index is 1.88. The molecular formula is C15H18N2O2. The molecule has 1 unspecified atom stereocenters. The lowest BCUT2D eigenvalue weighted by atomic mass is 10.1. The number of hydrogen-bond donors (Lipinski definition) is 2. The number of terminal acetylenes is 1. The lowest BCUT2D eigenvalue weighted by Crippen LogP contribution is -2.41. The maximum absolute atomic E-state index is 12.0. The lowest BCUT2D eigenvalue weighted by molar-refractivity contribution is -0.125. The number of nitrogens with zero attached hydrogens (tertiary/aromatic N) is 1. The van der Waals surface area contributed by atoms with Crippen LogP contribution in [-0.4, -0.2) is 41.7 Å². The molecule has 1 aliphatic rings. The molecule has 0 radical (unpaired) electrons. The Morgan fingerprint density at radius 3 is 2.74 bits per heavy atom. The molecule has 1 aromatic carbocycles. The third-order valence-corrected chi connectivity index (χ3v) is 3.42. The Morgan fingerprint density at radius 2 is 2.21 bits per heavy atom. The second kappa shape index (κ2) is 5.87. The summed E-state index contributed by atoms with van der Waals surface area (Å²) in [6, 6.07) is 7.28. The van der Waals surface area contributed by atoms with E-state index in [1.54, 1.807) is 0 Å². The molecular weight excluding hydrogens is 240 g/mol. The number of aliphatic hydroxyl groups excluding tert-OH is 1. The summed E-state index contributed by atoms with van der Waals surface area (Å²) in [7, 11) is 1.85. The van der Waals surface area contributed by atoms with Gasteiger partial charge in [0.25, 0.3) is 0 Å². The monoisotopic (exact) mass is 258 g/mol. The highest BCUT2D eigenvalue weighted by Crippen LogP contribution is 2.15. The largest absolute Gasteiger partial charge is 0.392 e. The molecule has 4 nitrogen and oxygen atoms in total. The van der Waals surface area contributed by atoms with Crippen molar-refractivity contribution in [3.8, 4) is 12.3 Å². The number of hydrogen-bond acceptors (Lipinski definition) is 3. The molecule has 100 valence electrons. The zero-order valence-corrected chi connectivity index (χ0v) is 11.0. The zero-order chi connectivity index (χ0) is 13.8. The third-order valence-electron chi connectivity index (χ3n) is 3.42. The van der Waals surface area contributed by atoms with E-state index >= 15 is 0 Å². The second-order valence-corrected chi connectivity index (χ2v) is 4.90. The number of likely N-dealkylation sites (tertiary alicyclic amines) is 1. The summed E-state index contributed by atoms with van der Waals surface area (Å²) in [5.74, 6) is 2.51. The lowest BCUT2D eigenvalue weighted by Gasteiger charge is -2.18. The number of β-amino-alcohol motifs (C(OH)–C–C–N with tert-alkyl or cyclic N) is 1. The summed E-state index contributed by atoms with van der Waals surface area (Å²) >= 11 is 0. The normalized spacial score (nSPS) is 23.0. The summed E-state index contributed by atoms with van der Waals surface area (Å²) in [4.78, 5) is 13.9. The number of benzene rings is 1. The van der Waals surface area contributed by atoms with E-state index in [1.165, 1.54) is 0 Å². The average molecular weight is 258 g/mol. The number of nitrogens with one attached hydrogen (secondary N) is 1. The van der Waals surface area contributed by atoms with Crippen LogP contribution >= 0.6 is 0 Å².